The fourth-order valence-electron chi connectivity index (χ4n) is 0. The molecule has 0 aliphatic rings. The minimum Gasteiger partial charge on any atom is -1.00 e. The van der Waals surface area contributed by atoms with E-state index >= 15 is 0 Å². The molecule has 0 atom stereocenters. The quantitative estimate of drug-likeness (QED) is 0.353. The number of halogens is 1. The summed E-state index contributed by atoms with van der Waals surface area (Å²) in [5.41, 5.74) is 0. The molecule has 0 N–H and O–H groups in total. The van der Waals surface area contributed by atoms with E-state index < -0.39 is 5.97 Å². The Morgan fingerprint density at radius 1 is 1.50 bits per heavy atom. The van der Waals surface area contributed by atoms with E-state index in [0.29, 0.717) is 0 Å². The number of carboxylic acid groups (broad SMARTS) is 1. The summed E-state index contributed by atoms with van der Waals surface area (Å²) in [6.07, 6.45) is 0.111. The van der Waals surface area contributed by atoms with Gasteiger partial charge in [-0.25, -0.2) is 0 Å². The molecular weight excluding hydrogens is 273 g/mol. The molecule has 38 valence electrons. The number of hydrogen-bond acceptors (Lipinski definition) is 2. The zero-order chi connectivity index (χ0) is 4.28. The van der Waals surface area contributed by atoms with E-state index in [0.717, 1.165) is 0 Å². The molecular formula is C3H5IK2O2. The fourth-order valence-corrected chi connectivity index (χ4v) is 0. The third-order valence-electron chi connectivity index (χ3n) is 0.289. The second-order valence-electron chi connectivity index (χ2n) is 0.726. The van der Waals surface area contributed by atoms with E-state index in [1.165, 1.54) is 6.92 Å². The standard InChI is InChI=1S/C3H6O2.HI.2K/c1-2-3(4)5;;;/h2H2,1H3,(H,4,5);1H;;/q;;2*+1/p-2. The molecule has 0 aliphatic carbocycles. The smallest absolute Gasteiger partial charge is 1.00 e. The molecule has 2 nitrogen and oxygen atoms in total. The summed E-state index contributed by atoms with van der Waals surface area (Å²) in [7, 11) is 0. The van der Waals surface area contributed by atoms with Crippen molar-refractivity contribution in [2.45, 2.75) is 13.3 Å². The molecule has 0 spiro atoms. The Bertz CT molecular complexity index is 50.5. The molecule has 0 bridgehead atoms. The van der Waals surface area contributed by atoms with Crippen LogP contribution < -0.4 is 132 Å². The molecule has 0 saturated heterocycles. The topological polar surface area (TPSA) is 40.1 Å². The molecule has 0 amide bonds. The maximum atomic E-state index is 9.26. The van der Waals surface area contributed by atoms with Crippen molar-refractivity contribution in [2.75, 3.05) is 0 Å². The van der Waals surface area contributed by atoms with Crippen molar-refractivity contribution >= 4 is 5.97 Å². The van der Waals surface area contributed by atoms with Crippen LogP contribution in [-0.4, -0.2) is 5.97 Å². The first-order valence-corrected chi connectivity index (χ1v) is 1.47. The van der Waals surface area contributed by atoms with E-state index in [2.05, 4.69) is 0 Å². The SMILES string of the molecule is CCC(=O)[O-].[I-].[K+].[K+]. The predicted octanol–water partition coefficient (Wildman–Crippen LogP) is -9.84. The zero-order valence-electron chi connectivity index (χ0n) is 5.40. The van der Waals surface area contributed by atoms with Gasteiger partial charge in [0.25, 0.3) is 0 Å². The van der Waals surface area contributed by atoms with Crippen LogP contribution in [0.4, 0.5) is 0 Å². The minimum atomic E-state index is -0.995. The van der Waals surface area contributed by atoms with Gasteiger partial charge in [-0.3, -0.25) is 0 Å². The van der Waals surface area contributed by atoms with Crippen LogP contribution in [0.15, 0.2) is 0 Å². The maximum absolute atomic E-state index is 9.26. The average molecular weight is 278 g/mol. The number of aliphatic carboxylic acids is 1. The number of carbonyl (C=O) groups excluding carboxylic acids is 1. The molecule has 0 rings (SSSR count). The van der Waals surface area contributed by atoms with E-state index in [1.54, 1.807) is 0 Å². The number of carbonyl (C=O) groups is 1. The van der Waals surface area contributed by atoms with Crippen LogP contribution in [-0.2, 0) is 4.79 Å². The Kier molecular flexibility index (Phi) is 47.4. The molecule has 0 radical (unpaired) electrons. The van der Waals surface area contributed by atoms with Gasteiger partial charge < -0.3 is 33.9 Å². The zero-order valence-corrected chi connectivity index (χ0v) is 13.8. The second kappa shape index (κ2) is 16.8. The van der Waals surface area contributed by atoms with Crippen LogP contribution in [0.1, 0.15) is 13.3 Å². The summed E-state index contributed by atoms with van der Waals surface area (Å²) < 4.78 is 0. The first kappa shape index (κ1) is 22.5. The summed E-state index contributed by atoms with van der Waals surface area (Å²) in [5.74, 6) is -0.995. The summed E-state index contributed by atoms with van der Waals surface area (Å²) in [6, 6.07) is 0. The Labute approximate surface area is 151 Å². The van der Waals surface area contributed by atoms with Crippen molar-refractivity contribution in [2.24, 2.45) is 0 Å². The van der Waals surface area contributed by atoms with Gasteiger partial charge >= 0.3 is 103 Å². The van der Waals surface area contributed by atoms with Crippen molar-refractivity contribution in [3.8, 4) is 0 Å². The summed E-state index contributed by atoms with van der Waals surface area (Å²) in [5, 5.41) is 9.26. The molecule has 0 aromatic heterocycles. The van der Waals surface area contributed by atoms with E-state index in [-0.39, 0.29) is 133 Å². The van der Waals surface area contributed by atoms with Gasteiger partial charge in [-0.05, 0) is 6.42 Å². The fraction of sp³-hybridized carbons (Fsp3) is 0.667. The molecule has 0 unspecified atom stereocenters. The summed E-state index contributed by atoms with van der Waals surface area (Å²) >= 11 is 0. The molecule has 0 aliphatic heterocycles. The van der Waals surface area contributed by atoms with Gasteiger partial charge in [0.15, 0.2) is 0 Å². The van der Waals surface area contributed by atoms with Gasteiger partial charge in [-0.2, -0.15) is 0 Å². The number of rotatable bonds is 1. The maximum Gasteiger partial charge on any atom is 1.00 e. The van der Waals surface area contributed by atoms with Crippen LogP contribution in [0.2, 0.25) is 0 Å². The summed E-state index contributed by atoms with van der Waals surface area (Å²) in [4.78, 5) is 9.26. The van der Waals surface area contributed by atoms with Crippen LogP contribution in [0.25, 0.3) is 0 Å². The normalized spacial score (nSPS) is 4.62. The number of hydrogen-bond donors (Lipinski definition) is 0. The Morgan fingerprint density at radius 2 is 1.62 bits per heavy atom. The molecule has 0 aromatic carbocycles. The molecule has 0 heterocycles. The Balaban J connectivity index is -0.0000000267. The van der Waals surface area contributed by atoms with Gasteiger partial charge in [-0.15, -0.1) is 0 Å². The van der Waals surface area contributed by atoms with Crippen LogP contribution in [0.3, 0.4) is 0 Å². The van der Waals surface area contributed by atoms with Gasteiger partial charge in [-0.1, -0.05) is 6.92 Å². The van der Waals surface area contributed by atoms with Crippen molar-refractivity contribution in [3.63, 3.8) is 0 Å². The molecule has 5 heteroatoms. The van der Waals surface area contributed by atoms with Gasteiger partial charge in [0.2, 0.25) is 0 Å². The first-order valence-electron chi connectivity index (χ1n) is 1.47. The molecule has 8 heavy (non-hydrogen) atoms. The molecule has 0 fully saturated rings. The molecule has 0 aromatic rings. The monoisotopic (exact) mass is 278 g/mol. The third-order valence-corrected chi connectivity index (χ3v) is 0.289. The molecule has 0 saturated carbocycles. The van der Waals surface area contributed by atoms with E-state index in [4.69, 9.17) is 0 Å². The van der Waals surface area contributed by atoms with Crippen LogP contribution in [0.5, 0.6) is 0 Å². The second-order valence-corrected chi connectivity index (χ2v) is 0.726. The van der Waals surface area contributed by atoms with Crippen molar-refractivity contribution in [3.05, 3.63) is 0 Å². The summed E-state index contributed by atoms with van der Waals surface area (Å²) in [6.45, 7) is 1.54. The average Bonchev–Trinajstić information content (AvgIpc) is 1.38. The first-order chi connectivity index (χ1) is 2.27. The largest absolute Gasteiger partial charge is 1.00 e. The number of carboxylic acids is 1. The van der Waals surface area contributed by atoms with Gasteiger partial charge in [0.1, 0.15) is 0 Å². The Hall–Kier alpha value is 3.47. The van der Waals surface area contributed by atoms with Crippen LogP contribution >= 0.6 is 0 Å². The third kappa shape index (κ3) is 22.7. The van der Waals surface area contributed by atoms with E-state index in [9.17, 15) is 9.90 Å². The Morgan fingerprint density at radius 3 is 1.62 bits per heavy atom. The van der Waals surface area contributed by atoms with Crippen molar-refractivity contribution in [1.29, 1.82) is 0 Å². The minimum absolute atomic E-state index is 0. The van der Waals surface area contributed by atoms with Crippen molar-refractivity contribution in [1.82, 2.24) is 0 Å². The van der Waals surface area contributed by atoms with Crippen molar-refractivity contribution < 1.29 is 137 Å². The van der Waals surface area contributed by atoms with E-state index in [1.807, 2.05) is 0 Å². The predicted molar refractivity (Wildman–Crippen MR) is 15.3 cm³/mol. The van der Waals surface area contributed by atoms with Gasteiger partial charge in [0.05, 0.1) is 0 Å². The van der Waals surface area contributed by atoms with Crippen LogP contribution in [0, 0.1) is 0 Å². The van der Waals surface area contributed by atoms with Gasteiger partial charge in [0, 0.05) is 5.97 Å².